The minimum absolute atomic E-state index is 0.0305. The van der Waals surface area contributed by atoms with Crippen molar-refractivity contribution in [3.05, 3.63) is 12.2 Å². The second kappa shape index (κ2) is 6.75. The standard InChI is InChI=1S/C13H24N2O3/c1-10(2)8-18-7-6-14-12(17)15-13(3,9-16)11-4-5-11/h11,16H,1,4-9H2,2-3H3,(H2,14,15,17). The maximum absolute atomic E-state index is 11.6. The van der Waals surface area contributed by atoms with E-state index in [1.165, 1.54) is 0 Å². The molecule has 5 nitrogen and oxygen atoms in total. The van der Waals surface area contributed by atoms with Crippen molar-refractivity contribution in [2.45, 2.75) is 32.2 Å². The lowest BCUT2D eigenvalue weighted by Gasteiger charge is -2.28. The maximum Gasteiger partial charge on any atom is 0.315 e. The summed E-state index contributed by atoms with van der Waals surface area (Å²) in [6.45, 7) is 8.88. The van der Waals surface area contributed by atoms with Crippen molar-refractivity contribution >= 4 is 6.03 Å². The second-order valence-electron chi connectivity index (χ2n) is 5.24. The molecule has 2 amide bonds. The Kier molecular flexibility index (Phi) is 5.62. The molecule has 104 valence electrons. The Balaban J connectivity index is 2.14. The molecular weight excluding hydrogens is 232 g/mol. The van der Waals surface area contributed by atoms with Crippen molar-refractivity contribution in [2.75, 3.05) is 26.4 Å². The van der Waals surface area contributed by atoms with Gasteiger partial charge in [-0.05, 0) is 32.6 Å². The molecule has 1 aliphatic carbocycles. The van der Waals surface area contributed by atoms with Crippen molar-refractivity contribution in [3.63, 3.8) is 0 Å². The molecule has 0 bridgehead atoms. The first kappa shape index (κ1) is 15.0. The molecule has 0 aromatic rings. The Labute approximate surface area is 109 Å². The van der Waals surface area contributed by atoms with Crippen LogP contribution >= 0.6 is 0 Å². The van der Waals surface area contributed by atoms with Crippen LogP contribution in [-0.2, 0) is 4.74 Å². The first-order valence-corrected chi connectivity index (χ1v) is 6.37. The van der Waals surface area contributed by atoms with Gasteiger partial charge in [0.25, 0.3) is 0 Å². The monoisotopic (exact) mass is 256 g/mol. The first-order chi connectivity index (χ1) is 8.48. The van der Waals surface area contributed by atoms with Crippen LogP contribution in [0.4, 0.5) is 4.79 Å². The maximum atomic E-state index is 11.6. The molecule has 0 aromatic heterocycles. The summed E-state index contributed by atoms with van der Waals surface area (Å²) < 4.78 is 5.27. The number of rotatable bonds is 8. The van der Waals surface area contributed by atoms with E-state index in [4.69, 9.17) is 4.74 Å². The number of hydrogen-bond acceptors (Lipinski definition) is 3. The molecule has 0 saturated heterocycles. The predicted molar refractivity (Wildman–Crippen MR) is 70.4 cm³/mol. The van der Waals surface area contributed by atoms with Gasteiger partial charge in [0.15, 0.2) is 0 Å². The van der Waals surface area contributed by atoms with E-state index in [1.54, 1.807) is 0 Å². The van der Waals surface area contributed by atoms with Gasteiger partial charge in [0, 0.05) is 6.54 Å². The Morgan fingerprint density at radius 1 is 1.56 bits per heavy atom. The van der Waals surface area contributed by atoms with Crippen molar-refractivity contribution in [1.29, 1.82) is 0 Å². The lowest BCUT2D eigenvalue weighted by atomic mass is 9.97. The SMILES string of the molecule is C=C(C)COCCNC(=O)NC(C)(CO)C1CC1. The molecule has 0 aliphatic heterocycles. The number of nitrogens with one attached hydrogen (secondary N) is 2. The molecule has 1 fully saturated rings. The van der Waals surface area contributed by atoms with Crippen LogP contribution in [0.1, 0.15) is 26.7 Å². The highest BCUT2D eigenvalue weighted by Crippen LogP contribution is 2.39. The highest BCUT2D eigenvalue weighted by molar-refractivity contribution is 5.74. The summed E-state index contributed by atoms with van der Waals surface area (Å²) in [5, 5.41) is 14.9. The molecular formula is C13H24N2O3. The van der Waals surface area contributed by atoms with Gasteiger partial charge in [-0.15, -0.1) is 0 Å². The summed E-state index contributed by atoms with van der Waals surface area (Å²) in [5.41, 5.74) is 0.462. The Morgan fingerprint density at radius 3 is 2.72 bits per heavy atom. The van der Waals surface area contributed by atoms with E-state index in [-0.39, 0.29) is 12.6 Å². The Morgan fingerprint density at radius 2 is 2.22 bits per heavy atom. The van der Waals surface area contributed by atoms with E-state index in [0.29, 0.717) is 25.7 Å². The van der Waals surface area contributed by atoms with E-state index in [9.17, 15) is 9.90 Å². The summed E-state index contributed by atoms with van der Waals surface area (Å²) in [6, 6.07) is -0.252. The van der Waals surface area contributed by atoms with Crippen molar-refractivity contribution in [2.24, 2.45) is 5.92 Å². The third kappa shape index (κ3) is 5.06. The van der Waals surface area contributed by atoms with Gasteiger partial charge in [0.05, 0.1) is 25.4 Å². The zero-order valence-corrected chi connectivity index (χ0v) is 11.3. The van der Waals surface area contributed by atoms with Crippen LogP contribution in [0.5, 0.6) is 0 Å². The summed E-state index contributed by atoms with van der Waals surface area (Å²) in [4.78, 5) is 11.6. The van der Waals surface area contributed by atoms with E-state index in [1.807, 2.05) is 13.8 Å². The summed E-state index contributed by atoms with van der Waals surface area (Å²) in [7, 11) is 0. The molecule has 18 heavy (non-hydrogen) atoms. The molecule has 1 aliphatic rings. The van der Waals surface area contributed by atoms with Crippen LogP contribution in [0.15, 0.2) is 12.2 Å². The van der Waals surface area contributed by atoms with Gasteiger partial charge in [-0.25, -0.2) is 4.79 Å². The molecule has 0 aromatic carbocycles. The second-order valence-corrected chi connectivity index (χ2v) is 5.24. The number of amides is 2. The van der Waals surface area contributed by atoms with Gasteiger partial charge in [-0.1, -0.05) is 12.2 Å². The highest BCUT2D eigenvalue weighted by atomic mass is 16.5. The quantitative estimate of drug-likeness (QED) is 0.449. The largest absolute Gasteiger partial charge is 0.394 e. The fraction of sp³-hybridized carbons (Fsp3) is 0.769. The van der Waals surface area contributed by atoms with Crippen LogP contribution in [0.2, 0.25) is 0 Å². The molecule has 3 N–H and O–H groups in total. The molecule has 0 spiro atoms. The van der Waals surface area contributed by atoms with Gasteiger partial charge in [-0.2, -0.15) is 0 Å². The van der Waals surface area contributed by atoms with E-state index in [0.717, 1.165) is 18.4 Å². The normalized spacial score (nSPS) is 17.9. The van der Waals surface area contributed by atoms with E-state index >= 15 is 0 Å². The Hall–Kier alpha value is -1.07. The minimum atomic E-state index is -0.497. The lowest BCUT2D eigenvalue weighted by Crippen LogP contribution is -2.54. The molecule has 5 heteroatoms. The topological polar surface area (TPSA) is 70.6 Å². The molecule has 1 unspecified atom stereocenters. The summed E-state index contributed by atoms with van der Waals surface area (Å²) in [5.74, 6) is 0.396. The van der Waals surface area contributed by atoms with Crippen LogP contribution in [0.25, 0.3) is 0 Å². The first-order valence-electron chi connectivity index (χ1n) is 6.37. The molecule has 1 rings (SSSR count). The average Bonchev–Trinajstić information content (AvgIpc) is 3.12. The highest BCUT2D eigenvalue weighted by Gasteiger charge is 2.42. The number of hydrogen-bond donors (Lipinski definition) is 3. The number of ether oxygens (including phenoxy) is 1. The number of carbonyl (C=O) groups is 1. The number of aliphatic hydroxyl groups excluding tert-OH is 1. The smallest absolute Gasteiger partial charge is 0.315 e. The Bertz CT molecular complexity index is 303. The molecule has 1 atom stereocenters. The molecule has 0 heterocycles. The van der Waals surface area contributed by atoms with Crippen LogP contribution in [0.3, 0.4) is 0 Å². The zero-order valence-electron chi connectivity index (χ0n) is 11.3. The van der Waals surface area contributed by atoms with Crippen molar-refractivity contribution in [3.8, 4) is 0 Å². The summed E-state index contributed by atoms with van der Waals surface area (Å²) in [6.07, 6.45) is 2.14. The number of carbonyl (C=O) groups excluding carboxylic acids is 1. The molecule has 1 saturated carbocycles. The van der Waals surface area contributed by atoms with Gasteiger partial charge in [-0.3, -0.25) is 0 Å². The lowest BCUT2D eigenvalue weighted by molar-refractivity contribution is 0.146. The minimum Gasteiger partial charge on any atom is -0.394 e. The third-order valence-electron chi connectivity index (χ3n) is 3.09. The summed E-state index contributed by atoms with van der Waals surface area (Å²) >= 11 is 0. The fourth-order valence-electron chi connectivity index (χ4n) is 1.78. The van der Waals surface area contributed by atoms with Gasteiger partial charge in [0.2, 0.25) is 0 Å². The fourth-order valence-corrected chi connectivity index (χ4v) is 1.78. The third-order valence-corrected chi connectivity index (χ3v) is 3.09. The van der Waals surface area contributed by atoms with Crippen LogP contribution in [0, 0.1) is 5.92 Å². The van der Waals surface area contributed by atoms with Crippen LogP contribution in [-0.4, -0.2) is 43.0 Å². The van der Waals surface area contributed by atoms with Crippen molar-refractivity contribution < 1.29 is 14.6 Å². The zero-order chi connectivity index (χ0) is 13.6. The van der Waals surface area contributed by atoms with Crippen LogP contribution < -0.4 is 10.6 Å². The number of aliphatic hydroxyl groups is 1. The van der Waals surface area contributed by atoms with E-state index < -0.39 is 5.54 Å². The van der Waals surface area contributed by atoms with Gasteiger partial charge < -0.3 is 20.5 Å². The predicted octanol–water partition coefficient (Wildman–Crippen LogP) is 1.04. The molecule has 0 radical (unpaired) electrons. The van der Waals surface area contributed by atoms with Gasteiger partial charge in [0.1, 0.15) is 0 Å². The average molecular weight is 256 g/mol. The van der Waals surface area contributed by atoms with E-state index in [2.05, 4.69) is 17.2 Å². The van der Waals surface area contributed by atoms with Crippen molar-refractivity contribution in [1.82, 2.24) is 10.6 Å². The van der Waals surface area contributed by atoms with Gasteiger partial charge >= 0.3 is 6.03 Å². The number of urea groups is 1.